The molecule has 0 saturated heterocycles. The Hall–Kier alpha value is -11.1. The van der Waals surface area contributed by atoms with Gasteiger partial charge in [0.25, 0.3) is 0 Å². The summed E-state index contributed by atoms with van der Waals surface area (Å²) in [4.78, 5) is 178. The van der Waals surface area contributed by atoms with Gasteiger partial charge in [0, 0.05) is 118 Å². The summed E-state index contributed by atoms with van der Waals surface area (Å²) in [5.41, 5.74) is 1.79. The second-order valence-electron chi connectivity index (χ2n) is 35.3. The van der Waals surface area contributed by atoms with Gasteiger partial charge in [-0.3, -0.25) is 38.4 Å². The summed E-state index contributed by atoms with van der Waals surface area (Å²) in [5.74, 6) is -15.4. The van der Waals surface area contributed by atoms with E-state index in [2.05, 4.69) is 42.5 Å². The molecule has 0 spiro atoms. The lowest BCUT2D eigenvalue weighted by molar-refractivity contribution is -0.149. The topological polar surface area (TPSA) is 412 Å². The molecule has 1 aliphatic carbocycles. The summed E-state index contributed by atoms with van der Waals surface area (Å²) in [6.07, 6.45) is -1.91. The van der Waals surface area contributed by atoms with E-state index < -0.39 is 192 Å². The van der Waals surface area contributed by atoms with Gasteiger partial charge in [0.15, 0.2) is 0 Å². The van der Waals surface area contributed by atoms with E-state index in [0.717, 1.165) is 0 Å². The predicted molar refractivity (Wildman–Crippen MR) is 483 cm³/mol. The molecule has 0 aromatic heterocycles. The van der Waals surface area contributed by atoms with Crippen molar-refractivity contribution >= 4 is 71.1 Å². The van der Waals surface area contributed by atoms with E-state index in [-0.39, 0.29) is 166 Å². The Balaban J connectivity index is 2.18. The van der Waals surface area contributed by atoms with Gasteiger partial charge in [-0.15, -0.1) is 0 Å². The van der Waals surface area contributed by atoms with E-state index in [1.54, 1.807) is 132 Å². The summed E-state index contributed by atoms with van der Waals surface area (Å²) in [6.45, 7) is 35.6. The molecule has 8 atom stereocenters. The second kappa shape index (κ2) is 51.2. The van der Waals surface area contributed by atoms with Gasteiger partial charge in [0.05, 0.1) is 83.3 Å². The van der Waals surface area contributed by atoms with Crippen LogP contribution in [0.2, 0.25) is 0 Å². The SMILES string of the molecule is CCOC(=O)[C@@H](NC(=O)[C@H](CC(C)C)NC(=O)CC1c2cc(c(OC)cc2OC)C(CC(=O)N[C@@H](CC(C)C)C(=O)N[C@H](C(=O)OCC)C(C)C)c2cc(c(OC)cc2OC)C(CC(=O)N[C@@H](CC(C)C)C(=O)N[C@H](C(=O)OCC)C(C)C)c2cc(c(OC)cc2OC)C(CC(=O)N[C@@H](CC(C)C)C(=O)N[C@H](C(=O)OCC)C(C)C)c2cc1c(OC)cc2OC)C(C)C. The average molecular weight is 1790 g/mol. The number of rotatable bonds is 48. The number of hydrogen-bond donors (Lipinski definition) is 8. The molecule has 0 heterocycles. The number of ether oxygens (including phenoxy) is 12. The Kier molecular flexibility index (Phi) is 43.0. The van der Waals surface area contributed by atoms with Crippen LogP contribution in [-0.2, 0) is 76.5 Å². The molecule has 0 aliphatic heterocycles. The predicted octanol–water partition coefficient (Wildman–Crippen LogP) is 11.1. The van der Waals surface area contributed by atoms with Gasteiger partial charge in [-0.05, 0) is 125 Å². The first kappa shape index (κ1) is 107. The minimum absolute atomic E-state index is 0.0296. The third-order valence-electron chi connectivity index (χ3n) is 22.3. The Bertz CT molecular complexity index is 3790. The van der Waals surface area contributed by atoms with Crippen LogP contribution in [0.15, 0.2) is 48.5 Å². The van der Waals surface area contributed by atoms with E-state index in [4.69, 9.17) is 56.8 Å². The van der Waals surface area contributed by atoms with Gasteiger partial charge < -0.3 is 99.4 Å². The molecule has 1 aliphatic rings. The monoisotopic (exact) mass is 1790 g/mol. The van der Waals surface area contributed by atoms with E-state index >= 15 is 19.2 Å². The van der Waals surface area contributed by atoms with Crippen molar-refractivity contribution in [2.45, 2.75) is 262 Å². The average Bonchev–Trinajstić information content (AvgIpc) is 0.743. The fourth-order valence-corrected chi connectivity index (χ4v) is 16.0. The summed E-state index contributed by atoms with van der Waals surface area (Å²) in [7, 11) is 11.2. The molecule has 0 fully saturated rings. The highest BCUT2D eigenvalue weighted by Gasteiger charge is 2.42. The van der Waals surface area contributed by atoms with Crippen molar-refractivity contribution in [2.24, 2.45) is 47.3 Å². The number of carbonyl (C=O) groups is 12. The summed E-state index contributed by atoms with van der Waals surface area (Å²) in [6, 6.07) is 3.55. The molecule has 4 aromatic rings. The third-order valence-corrected chi connectivity index (χ3v) is 22.3. The first-order valence-corrected chi connectivity index (χ1v) is 44.6. The van der Waals surface area contributed by atoms with Crippen molar-refractivity contribution in [2.75, 3.05) is 83.3 Å². The first-order chi connectivity index (χ1) is 60.5. The van der Waals surface area contributed by atoms with Crippen LogP contribution in [0.3, 0.4) is 0 Å². The van der Waals surface area contributed by atoms with Crippen LogP contribution in [0, 0.1) is 47.3 Å². The van der Waals surface area contributed by atoms with E-state index in [0.29, 0.717) is 0 Å². The zero-order chi connectivity index (χ0) is 96.0. The lowest BCUT2D eigenvalue weighted by Crippen LogP contribution is -2.54. The minimum Gasteiger partial charge on any atom is -0.496 e. The van der Waals surface area contributed by atoms with Crippen LogP contribution < -0.4 is 80.4 Å². The maximum atomic E-state index is 16.0. The summed E-state index contributed by atoms with van der Waals surface area (Å²) in [5, 5.41) is 23.5. The molecule has 8 N–H and O–H groups in total. The molecule has 32 heteroatoms. The molecule has 712 valence electrons. The molecular formula is C96H144N8O24. The van der Waals surface area contributed by atoms with Crippen molar-refractivity contribution in [3.05, 3.63) is 93.0 Å². The maximum Gasteiger partial charge on any atom is 0.328 e. The van der Waals surface area contributed by atoms with Gasteiger partial charge >= 0.3 is 23.9 Å². The van der Waals surface area contributed by atoms with Crippen LogP contribution in [-0.4, -0.2) is 203 Å². The largest absolute Gasteiger partial charge is 0.496 e. The summed E-state index contributed by atoms with van der Waals surface area (Å²) >= 11 is 0. The van der Waals surface area contributed by atoms with E-state index in [1.807, 2.05) is 55.4 Å². The quantitative estimate of drug-likeness (QED) is 0.0150. The lowest BCUT2D eigenvalue weighted by Gasteiger charge is -2.32. The summed E-state index contributed by atoms with van der Waals surface area (Å²) < 4.78 is 73.2. The fraction of sp³-hybridized carbons (Fsp3) is 0.625. The third kappa shape index (κ3) is 29.5. The normalized spacial score (nSPS) is 16.1. The number of fused-ring (bicyclic) bond motifs is 8. The lowest BCUT2D eigenvalue weighted by atomic mass is 9.77. The van der Waals surface area contributed by atoms with Crippen LogP contribution in [0.1, 0.15) is 258 Å². The highest BCUT2D eigenvalue weighted by atomic mass is 16.6. The highest BCUT2D eigenvalue weighted by molar-refractivity contribution is 5.95. The first-order valence-electron chi connectivity index (χ1n) is 44.6. The Morgan fingerprint density at radius 3 is 0.508 bits per heavy atom. The zero-order valence-electron chi connectivity index (χ0n) is 80.4. The molecule has 5 rings (SSSR count). The number of amides is 8. The Morgan fingerprint density at radius 1 is 0.242 bits per heavy atom. The molecule has 32 nitrogen and oxygen atoms in total. The van der Waals surface area contributed by atoms with Gasteiger partial charge in [0.1, 0.15) is 94.3 Å². The van der Waals surface area contributed by atoms with Gasteiger partial charge in [-0.25, -0.2) is 19.2 Å². The fourth-order valence-electron chi connectivity index (χ4n) is 16.0. The molecule has 0 saturated carbocycles. The Morgan fingerprint density at radius 2 is 0.391 bits per heavy atom. The smallest absolute Gasteiger partial charge is 0.328 e. The molecule has 0 unspecified atom stereocenters. The molecule has 8 amide bonds. The number of hydrogen-bond acceptors (Lipinski definition) is 24. The van der Waals surface area contributed by atoms with E-state index in [1.165, 1.54) is 56.9 Å². The number of esters is 4. The van der Waals surface area contributed by atoms with Crippen LogP contribution >= 0.6 is 0 Å². The van der Waals surface area contributed by atoms with Crippen molar-refractivity contribution in [1.82, 2.24) is 42.5 Å². The zero-order valence-corrected chi connectivity index (χ0v) is 80.4. The molecule has 8 bridgehead atoms. The van der Waals surface area contributed by atoms with Gasteiger partial charge in [0.2, 0.25) is 47.3 Å². The molecule has 128 heavy (non-hydrogen) atoms. The Labute approximate surface area is 756 Å². The molecule has 0 radical (unpaired) electrons. The molecular weight excluding hydrogens is 1650 g/mol. The van der Waals surface area contributed by atoms with Crippen LogP contribution in [0.25, 0.3) is 0 Å². The second-order valence-corrected chi connectivity index (χ2v) is 35.3. The number of nitrogens with one attached hydrogen (secondary N) is 8. The number of methoxy groups -OCH3 is 8. The van der Waals surface area contributed by atoms with Gasteiger partial charge in [-0.1, -0.05) is 111 Å². The molecule has 4 aromatic carbocycles. The van der Waals surface area contributed by atoms with Gasteiger partial charge in [-0.2, -0.15) is 0 Å². The standard InChI is InChI=1S/C96H144N8O24/c1-29-125-93(113)85(53(13)14)101-89(109)69(33-49(5)6)97-81(105)41-57-61-37-63(75(119-23)45-73(61)117-21)58(42-82(106)98-70(34-50(7)8)90(110)102-86(54(15)16)94(114)126-30-2)65-39-67(79(123-27)47-77(65)121-25)60(44-84(108)100-72(36-52(11)12)92(112)104-88(56(19)20)96(116)128-32-4)68-40-66(78(122-26)48-80(68)124-28)59(64-38-62(57)74(118-22)46-76(64)120-24)43-83(107)99-71(35-51(9)10)91(111)103-87(55(17)18)95(115)127-31-3/h37-40,45-60,69-72,85-88H,29-36,41-44H2,1-28H3,(H,97,105)(H,98,106)(H,99,107)(H,100,108)(H,101,109)(H,102,110)(H,103,111)(H,104,112)/t57?,58?,59?,60?,69-,70-,71-,72-,85-,86-,87-,88-/m0/s1. The van der Waals surface area contributed by atoms with Crippen molar-refractivity contribution in [1.29, 1.82) is 0 Å². The number of carbonyl (C=O) groups excluding carboxylic acids is 12. The maximum absolute atomic E-state index is 16.0. The minimum atomic E-state index is -1.30. The van der Waals surface area contributed by atoms with Crippen LogP contribution in [0.4, 0.5) is 0 Å². The van der Waals surface area contributed by atoms with Crippen LogP contribution in [0.5, 0.6) is 46.0 Å². The number of benzene rings is 4. The van der Waals surface area contributed by atoms with Crippen molar-refractivity contribution in [3.8, 4) is 46.0 Å². The highest BCUT2D eigenvalue weighted by Crippen LogP contribution is 2.53. The van der Waals surface area contributed by atoms with E-state index in [9.17, 15) is 38.4 Å². The van der Waals surface area contributed by atoms with Crippen molar-refractivity contribution in [3.63, 3.8) is 0 Å². The van der Waals surface area contributed by atoms with Crippen molar-refractivity contribution < 1.29 is 114 Å².